The first-order chi connectivity index (χ1) is 9.16. The van der Waals surface area contributed by atoms with E-state index in [1.54, 1.807) is 0 Å². The Bertz CT molecular complexity index is 612. The van der Waals surface area contributed by atoms with Gasteiger partial charge in [0.05, 0.1) is 5.92 Å². The summed E-state index contributed by atoms with van der Waals surface area (Å²) >= 11 is 0. The number of rotatable bonds is 6. The number of nitro groups is 1. The quantitative estimate of drug-likeness (QED) is 0.591. The van der Waals surface area contributed by atoms with Gasteiger partial charge in [-0.3, -0.25) is 4.79 Å². The molecule has 0 radical (unpaired) electrons. The number of carbonyl (C=O) groups is 1. The first-order valence-electron chi connectivity index (χ1n) is 5.46. The van der Waals surface area contributed by atoms with Crippen LogP contribution in [0.3, 0.4) is 0 Å². The lowest BCUT2D eigenvalue weighted by Crippen LogP contribution is -2.33. The van der Waals surface area contributed by atoms with E-state index in [1.165, 1.54) is 14.0 Å². The predicted octanol–water partition coefficient (Wildman–Crippen LogP) is 0.331. The molecule has 10 heteroatoms. The lowest BCUT2D eigenvalue weighted by atomic mass is 10.2. The maximum Gasteiger partial charge on any atom is 0.363 e. The van der Waals surface area contributed by atoms with E-state index in [4.69, 9.17) is 5.11 Å². The molecule has 0 aliphatic rings. The van der Waals surface area contributed by atoms with E-state index in [9.17, 15) is 23.3 Å². The molecule has 1 unspecified atom stereocenters. The molecule has 1 N–H and O–H groups in total. The molecule has 1 atom stereocenters. The van der Waals surface area contributed by atoms with E-state index < -0.39 is 32.7 Å². The maximum absolute atomic E-state index is 12.1. The number of carboxylic acids is 1. The van der Waals surface area contributed by atoms with E-state index >= 15 is 0 Å². The summed E-state index contributed by atoms with van der Waals surface area (Å²) in [5.41, 5.74) is 0. The van der Waals surface area contributed by atoms with Crippen molar-refractivity contribution in [2.75, 3.05) is 13.6 Å². The molecule has 1 aromatic heterocycles. The Labute approximate surface area is 115 Å². The molecule has 0 aliphatic carbocycles. The molecule has 1 aromatic rings. The van der Waals surface area contributed by atoms with Crippen molar-refractivity contribution in [2.45, 2.75) is 11.8 Å². The normalized spacial score (nSPS) is 13.2. The highest BCUT2D eigenvalue weighted by atomic mass is 32.2. The third-order valence-electron chi connectivity index (χ3n) is 2.57. The van der Waals surface area contributed by atoms with Gasteiger partial charge in [0.25, 0.3) is 0 Å². The molecule has 0 saturated heterocycles. The molecule has 0 fully saturated rings. The number of aromatic nitrogens is 1. The summed E-state index contributed by atoms with van der Waals surface area (Å²) in [5.74, 6) is -2.46. The third-order valence-corrected chi connectivity index (χ3v) is 4.38. The van der Waals surface area contributed by atoms with Gasteiger partial charge in [-0.15, -0.1) is 0 Å². The van der Waals surface area contributed by atoms with Gasteiger partial charge >= 0.3 is 11.8 Å². The van der Waals surface area contributed by atoms with Crippen molar-refractivity contribution in [1.82, 2.24) is 9.29 Å². The molecule has 20 heavy (non-hydrogen) atoms. The molecule has 1 heterocycles. The highest BCUT2D eigenvalue weighted by molar-refractivity contribution is 7.89. The third kappa shape index (κ3) is 3.48. The Kier molecular flexibility index (Phi) is 4.73. The number of nitrogens with zero attached hydrogens (tertiary/aromatic N) is 3. The Morgan fingerprint density at radius 2 is 2.15 bits per heavy atom. The van der Waals surface area contributed by atoms with Crippen LogP contribution in [-0.2, 0) is 14.8 Å². The van der Waals surface area contributed by atoms with Gasteiger partial charge in [-0.2, -0.15) is 4.31 Å². The van der Waals surface area contributed by atoms with Gasteiger partial charge < -0.3 is 15.2 Å². The second-order valence-corrected chi connectivity index (χ2v) is 6.18. The first-order valence-corrected chi connectivity index (χ1v) is 6.90. The summed E-state index contributed by atoms with van der Waals surface area (Å²) in [4.78, 5) is 23.6. The van der Waals surface area contributed by atoms with Gasteiger partial charge in [-0.1, -0.05) is 6.92 Å². The molecular weight excluding hydrogens is 290 g/mol. The van der Waals surface area contributed by atoms with Crippen LogP contribution in [0, 0.1) is 16.0 Å². The van der Waals surface area contributed by atoms with Crippen LogP contribution in [0.1, 0.15) is 6.92 Å². The van der Waals surface area contributed by atoms with E-state index in [0.29, 0.717) is 0 Å². The molecular formula is C10H13N3O6S. The molecule has 110 valence electrons. The van der Waals surface area contributed by atoms with Crippen LogP contribution in [0.2, 0.25) is 0 Å². The van der Waals surface area contributed by atoms with E-state index in [-0.39, 0.29) is 11.4 Å². The Morgan fingerprint density at radius 1 is 1.55 bits per heavy atom. The zero-order valence-electron chi connectivity index (χ0n) is 10.8. The minimum Gasteiger partial charge on any atom is -0.481 e. The fourth-order valence-electron chi connectivity index (χ4n) is 1.37. The monoisotopic (exact) mass is 303 g/mol. The fraction of sp³-hybridized carbons (Fsp3) is 0.400. The highest BCUT2D eigenvalue weighted by Gasteiger charge is 2.26. The fourth-order valence-corrected chi connectivity index (χ4v) is 2.58. The van der Waals surface area contributed by atoms with E-state index in [1.807, 2.05) is 0 Å². The van der Waals surface area contributed by atoms with Crippen molar-refractivity contribution in [3.8, 4) is 0 Å². The summed E-state index contributed by atoms with van der Waals surface area (Å²) in [5, 5.41) is 19.2. The van der Waals surface area contributed by atoms with E-state index in [2.05, 4.69) is 4.98 Å². The smallest absolute Gasteiger partial charge is 0.363 e. The van der Waals surface area contributed by atoms with Gasteiger partial charge in [-0.25, -0.2) is 8.42 Å². The number of aliphatic carboxylic acids is 1. The zero-order valence-corrected chi connectivity index (χ0v) is 11.6. The molecule has 0 aromatic carbocycles. The molecule has 0 spiro atoms. The highest BCUT2D eigenvalue weighted by Crippen LogP contribution is 2.17. The lowest BCUT2D eigenvalue weighted by Gasteiger charge is -2.18. The second-order valence-electron chi connectivity index (χ2n) is 4.13. The first kappa shape index (κ1) is 16.0. The summed E-state index contributed by atoms with van der Waals surface area (Å²) in [6.07, 6.45) is 0.870. The number of carboxylic acid groups (broad SMARTS) is 1. The van der Waals surface area contributed by atoms with Crippen LogP contribution in [-0.4, -0.2) is 47.3 Å². The van der Waals surface area contributed by atoms with Crippen molar-refractivity contribution in [3.63, 3.8) is 0 Å². The van der Waals surface area contributed by atoms with Crippen molar-refractivity contribution in [1.29, 1.82) is 0 Å². The van der Waals surface area contributed by atoms with E-state index in [0.717, 1.165) is 22.6 Å². The standard InChI is InChI=1S/C10H13N3O6S/c1-7(10(14)15)6-12(2)20(18,19)8-3-4-9(11-5-8)13(16)17/h3-5,7H,6H2,1-2H3,(H,14,15). The van der Waals surface area contributed by atoms with Crippen molar-refractivity contribution < 1.29 is 23.2 Å². The van der Waals surface area contributed by atoms with Gasteiger partial charge in [-0.05, 0) is 16.0 Å². The molecule has 1 rings (SSSR count). The van der Waals surface area contributed by atoms with Crippen molar-refractivity contribution in [2.24, 2.45) is 5.92 Å². The van der Waals surface area contributed by atoms with Crippen LogP contribution >= 0.6 is 0 Å². The minimum atomic E-state index is -3.93. The summed E-state index contributed by atoms with van der Waals surface area (Å²) < 4.78 is 25.1. The van der Waals surface area contributed by atoms with Crippen LogP contribution in [0.5, 0.6) is 0 Å². The second kappa shape index (κ2) is 5.92. The minimum absolute atomic E-state index is 0.214. The Balaban J connectivity index is 2.98. The van der Waals surface area contributed by atoms with Gasteiger partial charge in [0, 0.05) is 19.7 Å². The summed E-state index contributed by atoms with van der Waals surface area (Å²) in [6.45, 7) is 1.16. The number of hydrogen-bond acceptors (Lipinski definition) is 6. The molecule has 0 saturated carbocycles. The maximum atomic E-state index is 12.1. The Hall–Kier alpha value is -2.07. The number of pyridine rings is 1. The topological polar surface area (TPSA) is 131 Å². The molecule has 0 aliphatic heterocycles. The average molecular weight is 303 g/mol. The van der Waals surface area contributed by atoms with Crippen LogP contribution < -0.4 is 0 Å². The molecule has 0 bridgehead atoms. The van der Waals surface area contributed by atoms with Gasteiger partial charge in [0.15, 0.2) is 6.20 Å². The van der Waals surface area contributed by atoms with Crippen molar-refractivity contribution in [3.05, 3.63) is 28.4 Å². The van der Waals surface area contributed by atoms with Crippen LogP contribution in [0.25, 0.3) is 0 Å². The SMILES string of the molecule is CC(CN(C)S(=O)(=O)c1ccc([N+](=O)[O-])nc1)C(=O)O. The molecule has 9 nitrogen and oxygen atoms in total. The average Bonchev–Trinajstić information content (AvgIpc) is 2.38. The predicted molar refractivity (Wildman–Crippen MR) is 67.5 cm³/mol. The zero-order chi connectivity index (χ0) is 15.5. The van der Waals surface area contributed by atoms with Gasteiger partial charge in [0.2, 0.25) is 10.0 Å². The largest absolute Gasteiger partial charge is 0.481 e. The summed E-state index contributed by atoms with van der Waals surface area (Å²) in [6, 6.07) is 2.03. The molecule has 0 amide bonds. The number of sulfonamides is 1. The number of hydrogen-bond donors (Lipinski definition) is 1. The lowest BCUT2D eigenvalue weighted by molar-refractivity contribution is -0.389. The van der Waals surface area contributed by atoms with Crippen LogP contribution in [0.4, 0.5) is 5.82 Å². The van der Waals surface area contributed by atoms with Crippen LogP contribution in [0.15, 0.2) is 23.2 Å². The van der Waals surface area contributed by atoms with Crippen molar-refractivity contribution >= 4 is 21.8 Å². The summed E-state index contributed by atoms with van der Waals surface area (Å²) in [7, 11) is -2.69. The Morgan fingerprint density at radius 3 is 2.55 bits per heavy atom. The van der Waals surface area contributed by atoms with Gasteiger partial charge in [0.1, 0.15) is 4.90 Å².